The second kappa shape index (κ2) is 33.8. The Morgan fingerprint density at radius 3 is 1.25 bits per heavy atom. The van der Waals surface area contributed by atoms with E-state index in [2.05, 4.69) is 0 Å². The molecule has 0 saturated carbocycles. The molecule has 0 rings (SSSR count). The monoisotopic (exact) mass is 204 g/mol. The van der Waals surface area contributed by atoms with Crippen LogP contribution in [0.3, 0.4) is 0 Å². The normalized spacial score (nSPS) is 0.750. The minimum atomic E-state index is 0. The van der Waals surface area contributed by atoms with E-state index in [4.69, 9.17) is 3.54 Å². The summed E-state index contributed by atoms with van der Waals surface area (Å²) in [5.74, 6) is 0. The second-order valence-electron chi connectivity index (χ2n) is 0. The van der Waals surface area contributed by atoms with Gasteiger partial charge in [-0.1, -0.05) is 7.43 Å². The summed E-state index contributed by atoms with van der Waals surface area (Å²) in [6.07, 6.45) is 0. The van der Waals surface area contributed by atoms with E-state index in [1.165, 1.54) is 0 Å². The molecule has 0 aromatic carbocycles. The van der Waals surface area contributed by atoms with Crippen LogP contribution in [0.4, 0.5) is 0 Å². The zero-order valence-corrected chi connectivity index (χ0v) is 6.17. The third kappa shape index (κ3) is 11.6. The molecular weight excluding hydrogens is 199 g/mol. The Morgan fingerprint density at radius 2 is 1.25 bits per heavy atom. The van der Waals surface area contributed by atoms with Crippen LogP contribution in [-0.4, -0.2) is 18.6 Å². The number of rotatable bonds is 0. The Bertz CT molecular complexity index is 8.00. The zero-order valence-electron chi connectivity index (χ0n) is 1.47. The third-order valence-electron chi connectivity index (χ3n) is 0. The molecule has 0 bridgehead atoms. The molecule has 0 unspecified atom stereocenters. The minimum Gasteiger partial charge on any atom is 0 e. The first-order valence-electron chi connectivity index (χ1n) is 0.289. The van der Waals surface area contributed by atoms with E-state index in [0.29, 0.717) is 0 Å². The number of hydrogen-bond donors (Lipinski definition) is 0. The molecule has 0 aromatic heterocycles. The Hall–Kier alpha value is 1.06. The van der Waals surface area contributed by atoms with Gasteiger partial charge in [-0.15, -0.1) is 0 Å². The van der Waals surface area contributed by atoms with Crippen molar-refractivity contribution in [3.05, 3.63) is 0 Å². The molecule has 3 heteroatoms. The molecule has 4 heavy (non-hydrogen) atoms. The van der Waals surface area contributed by atoms with E-state index in [1.807, 2.05) is 0 Å². The average Bonchev–Trinajstić information content (AvgIpc) is 1.00. The fourth-order valence-electron chi connectivity index (χ4n) is 0. The molecule has 0 aliphatic heterocycles. The molecule has 0 radical (unpaired) electrons. The van der Waals surface area contributed by atoms with Gasteiger partial charge in [-0.2, -0.15) is 0 Å². The van der Waals surface area contributed by atoms with Gasteiger partial charge in [0.05, 0.1) is 0 Å². The van der Waals surface area contributed by atoms with Gasteiger partial charge >= 0.3 is 22.1 Å². The summed E-state index contributed by atoms with van der Waals surface area (Å²) in [4.78, 5) is 0. The molecule has 0 saturated heterocycles. The molecule has 0 aliphatic carbocycles. The number of hydrogen-bond acceptors (Lipinski definition) is 1. The van der Waals surface area contributed by atoms with E-state index in [1.54, 1.807) is 0 Å². The molecular formula is CH5GaORu. The Morgan fingerprint density at radius 1 is 1.25 bits per heavy atom. The third-order valence-corrected chi connectivity index (χ3v) is 0. The molecule has 0 spiro atoms. The molecule has 0 amide bonds. The largest absolute Gasteiger partial charge is 0 e. The summed E-state index contributed by atoms with van der Waals surface area (Å²) in [7, 11) is 0. The van der Waals surface area contributed by atoms with Crippen molar-refractivity contribution in [1.29, 1.82) is 0 Å². The van der Waals surface area contributed by atoms with Crippen molar-refractivity contribution in [2.75, 3.05) is 0 Å². The summed E-state index contributed by atoms with van der Waals surface area (Å²) in [5, 5.41) is 0. The smallest absolute Gasteiger partial charge is 0 e. The SMILES string of the molecule is C.[O]=[GaH].[Ru]. The maximum Gasteiger partial charge on any atom is 0 e. The van der Waals surface area contributed by atoms with Crippen molar-refractivity contribution >= 4 is 18.6 Å². The van der Waals surface area contributed by atoms with Gasteiger partial charge in [0, 0.05) is 19.5 Å². The van der Waals surface area contributed by atoms with Crippen LogP contribution in [0.15, 0.2) is 0 Å². The van der Waals surface area contributed by atoms with Gasteiger partial charge in [0.15, 0.2) is 0 Å². The minimum absolute atomic E-state index is 0. The van der Waals surface area contributed by atoms with Gasteiger partial charge in [-0.25, -0.2) is 0 Å². The van der Waals surface area contributed by atoms with Crippen molar-refractivity contribution in [3.63, 3.8) is 0 Å². The van der Waals surface area contributed by atoms with E-state index >= 15 is 0 Å². The predicted molar refractivity (Wildman–Crippen MR) is 14.6 cm³/mol. The standard InChI is InChI=1S/CH4.Ga.O.Ru.H/h1H4;;;;. The summed E-state index contributed by atoms with van der Waals surface area (Å²) >= 11 is 0.125. The van der Waals surface area contributed by atoms with Crippen molar-refractivity contribution in [1.82, 2.24) is 0 Å². The van der Waals surface area contributed by atoms with Crippen LogP contribution >= 0.6 is 0 Å². The Labute approximate surface area is 49.1 Å². The van der Waals surface area contributed by atoms with Gasteiger partial charge < -0.3 is 0 Å². The topological polar surface area (TPSA) is 17.1 Å². The zero-order chi connectivity index (χ0) is 2.00. The average molecular weight is 204 g/mol. The molecule has 0 fully saturated rings. The first-order chi connectivity index (χ1) is 1.00. The Kier molecular flexibility index (Phi) is 166. The van der Waals surface area contributed by atoms with Crippen LogP contribution in [0.1, 0.15) is 7.43 Å². The van der Waals surface area contributed by atoms with Crippen LogP contribution in [-0.2, 0) is 23.0 Å². The molecule has 0 N–H and O–H groups in total. The van der Waals surface area contributed by atoms with Crippen molar-refractivity contribution in [2.24, 2.45) is 0 Å². The fraction of sp³-hybridized carbons (Fsp3) is 1.00. The molecule has 0 heterocycles. The van der Waals surface area contributed by atoms with Crippen molar-refractivity contribution < 1.29 is 23.0 Å². The van der Waals surface area contributed by atoms with Crippen LogP contribution in [0, 0.1) is 0 Å². The molecule has 0 atom stereocenters. The first-order valence-corrected chi connectivity index (χ1v) is 1.50. The fourth-order valence-corrected chi connectivity index (χ4v) is 0. The summed E-state index contributed by atoms with van der Waals surface area (Å²) < 4.78 is 8.38. The quantitative estimate of drug-likeness (QED) is 0.502. The van der Waals surface area contributed by atoms with E-state index in [-0.39, 0.29) is 45.5 Å². The van der Waals surface area contributed by atoms with E-state index in [9.17, 15) is 0 Å². The predicted octanol–water partition coefficient (Wildman–Crippen LogP) is -0.134. The molecule has 0 aliphatic rings. The summed E-state index contributed by atoms with van der Waals surface area (Å²) in [6.45, 7) is 0. The van der Waals surface area contributed by atoms with Gasteiger partial charge in [-0.3, -0.25) is 0 Å². The molecule has 26 valence electrons. The van der Waals surface area contributed by atoms with Crippen LogP contribution < -0.4 is 0 Å². The van der Waals surface area contributed by atoms with E-state index in [0.717, 1.165) is 0 Å². The first kappa shape index (κ1) is 19.7. The maximum atomic E-state index is 8.38. The van der Waals surface area contributed by atoms with E-state index < -0.39 is 0 Å². The van der Waals surface area contributed by atoms with Crippen molar-refractivity contribution in [3.8, 4) is 0 Å². The van der Waals surface area contributed by atoms with Crippen molar-refractivity contribution in [2.45, 2.75) is 7.43 Å². The molecule has 1 nitrogen and oxygen atoms in total. The van der Waals surface area contributed by atoms with Gasteiger partial charge in [0.2, 0.25) is 0 Å². The van der Waals surface area contributed by atoms with Gasteiger partial charge in [0.25, 0.3) is 0 Å². The maximum absolute atomic E-state index is 8.38. The second-order valence-corrected chi connectivity index (χ2v) is 0. The van der Waals surface area contributed by atoms with Gasteiger partial charge in [-0.05, 0) is 0 Å². The summed E-state index contributed by atoms with van der Waals surface area (Å²) in [6, 6.07) is 0. The van der Waals surface area contributed by atoms with Crippen LogP contribution in [0.2, 0.25) is 0 Å². The molecule has 0 aromatic rings. The Balaban J connectivity index is -0.00000000500. The summed E-state index contributed by atoms with van der Waals surface area (Å²) in [5.41, 5.74) is 0. The van der Waals surface area contributed by atoms with Crippen LogP contribution in [0.5, 0.6) is 0 Å². The van der Waals surface area contributed by atoms with Gasteiger partial charge in [0.1, 0.15) is 0 Å². The van der Waals surface area contributed by atoms with Crippen LogP contribution in [0.25, 0.3) is 0 Å².